The number of phenols is 1. The molecule has 6 nitrogen and oxygen atoms in total. The number of hydrogen-bond acceptors (Lipinski definition) is 5. The Hall–Kier alpha value is -1.86. The summed E-state index contributed by atoms with van der Waals surface area (Å²) in [6.45, 7) is 12.5. The van der Waals surface area contributed by atoms with Gasteiger partial charge in [0.15, 0.2) is 11.8 Å². The number of aromatic nitrogens is 2. The molecule has 4 N–H and O–H groups in total. The van der Waals surface area contributed by atoms with E-state index in [1.54, 1.807) is 7.05 Å². The van der Waals surface area contributed by atoms with E-state index in [4.69, 9.17) is 5.73 Å². The van der Waals surface area contributed by atoms with Gasteiger partial charge in [-0.05, 0) is 23.0 Å². The SMILES string of the molecule is CN=C(N)Nc1nc(-c2cc(C(C)(C)C)c(O)c(C(C)(C)C)c2)ns1.Cl. The number of anilines is 1. The van der Waals surface area contributed by atoms with E-state index in [2.05, 4.69) is 61.2 Å². The maximum Gasteiger partial charge on any atom is 0.209 e. The molecule has 0 radical (unpaired) electrons. The Bertz CT molecular complexity index is 768. The monoisotopic (exact) mass is 397 g/mol. The molecule has 0 spiro atoms. The van der Waals surface area contributed by atoms with Crippen molar-refractivity contribution in [3.63, 3.8) is 0 Å². The number of nitrogens with two attached hydrogens (primary N) is 1. The smallest absolute Gasteiger partial charge is 0.209 e. The lowest BCUT2D eigenvalue weighted by molar-refractivity contribution is 0.423. The fourth-order valence-electron chi connectivity index (χ4n) is 2.46. The Morgan fingerprint density at radius 2 is 1.62 bits per heavy atom. The minimum Gasteiger partial charge on any atom is -0.507 e. The maximum absolute atomic E-state index is 10.8. The van der Waals surface area contributed by atoms with Crippen molar-refractivity contribution >= 4 is 35.0 Å². The summed E-state index contributed by atoms with van der Waals surface area (Å²) in [5, 5.41) is 14.3. The van der Waals surface area contributed by atoms with Gasteiger partial charge in [0, 0.05) is 35.3 Å². The molecule has 1 aromatic heterocycles. The molecule has 2 aromatic rings. The van der Waals surface area contributed by atoms with Crippen LogP contribution >= 0.6 is 23.9 Å². The van der Waals surface area contributed by atoms with E-state index in [0.29, 0.717) is 22.7 Å². The maximum atomic E-state index is 10.8. The summed E-state index contributed by atoms with van der Waals surface area (Å²) in [6, 6.07) is 3.93. The Kier molecular flexibility index (Phi) is 6.65. The van der Waals surface area contributed by atoms with Gasteiger partial charge in [-0.3, -0.25) is 4.99 Å². The highest BCUT2D eigenvalue weighted by atomic mass is 35.5. The van der Waals surface area contributed by atoms with Crippen molar-refractivity contribution < 1.29 is 5.11 Å². The predicted octanol–water partition coefficient (Wildman–Crippen LogP) is 4.28. The highest BCUT2D eigenvalue weighted by molar-refractivity contribution is 7.10. The number of benzene rings is 1. The first-order valence-corrected chi connectivity index (χ1v) is 8.92. The topological polar surface area (TPSA) is 96.4 Å². The largest absolute Gasteiger partial charge is 0.507 e. The van der Waals surface area contributed by atoms with Gasteiger partial charge >= 0.3 is 0 Å². The average Bonchev–Trinajstić information content (AvgIpc) is 2.93. The van der Waals surface area contributed by atoms with Crippen molar-refractivity contribution in [3.8, 4) is 17.1 Å². The second kappa shape index (κ2) is 7.80. The van der Waals surface area contributed by atoms with Crippen LogP contribution < -0.4 is 11.1 Å². The molecular formula is C18H28ClN5OS. The molecule has 0 fully saturated rings. The normalized spacial score (nSPS) is 12.7. The van der Waals surface area contributed by atoms with Gasteiger partial charge in [0.1, 0.15) is 5.75 Å². The minimum absolute atomic E-state index is 0. The number of guanidine groups is 1. The van der Waals surface area contributed by atoms with Crippen LogP contribution in [0.3, 0.4) is 0 Å². The van der Waals surface area contributed by atoms with Gasteiger partial charge in [-0.1, -0.05) is 41.5 Å². The molecule has 1 aromatic carbocycles. The zero-order valence-corrected chi connectivity index (χ0v) is 18.0. The molecule has 0 aliphatic heterocycles. The van der Waals surface area contributed by atoms with Gasteiger partial charge in [-0.2, -0.15) is 9.36 Å². The number of nitrogens with zero attached hydrogens (tertiary/aromatic N) is 3. The van der Waals surface area contributed by atoms with E-state index in [9.17, 15) is 5.11 Å². The first-order chi connectivity index (χ1) is 11.4. The van der Waals surface area contributed by atoms with E-state index in [1.165, 1.54) is 11.5 Å². The van der Waals surface area contributed by atoms with Crippen molar-refractivity contribution in [3.05, 3.63) is 23.3 Å². The van der Waals surface area contributed by atoms with Gasteiger partial charge in [-0.15, -0.1) is 12.4 Å². The summed E-state index contributed by atoms with van der Waals surface area (Å²) in [6.07, 6.45) is 0. The summed E-state index contributed by atoms with van der Waals surface area (Å²) in [5.41, 5.74) is 7.93. The van der Waals surface area contributed by atoms with Crippen LogP contribution in [0.15, 0.2) is 17.1 Å². The Morgan fingerprint density at radius 3 is 2.04 bits per heavy atom. The Labute approximate surface area is 165 Å². The van der Waals surface area contributed by atoms with E-state index in [0.717, 1.165) is 16.7 Å². The number of halogens is 1. The van der Waals surface area contributed by atoms with Crippen molar-refractivity contribution in [2.75, 3.05) is 12.4 Å². The average molecular weight is 398 g/mol. The standard InChI is InChI=1S/C18H27N5OS.ClH/c1-17(2,3)11-8-10(9-12(13(11)24)18(4,5)6)14-21-16(25-23-14)22-15(19)20-7;/h8-9,24H,1-7H3,(H3,19,20,21,22,23);1H. The molecule has 144 valence electrons. The molecule has 0 bridgehead atoms. The van der Waals surface area contributed by atoms with E-state index >= 15 is 0 Å². The molecule has 0 unspecified atom stereocenters. The van der Waals surface area contributed by atoms with Gasteiger partial charge in [0.2, 0.25) is 5.13 Å². The molecule has 0 aliphatic carbocycles. The van der Waals surface area contributed by atoms with Crippen LogP contribution in [0.4, 0.5) is 5.13 Å². The van der Waals surface area contributed by atoms with Crippen molar-refractivity contribution in [1.82, 2.24) is 9.36 Å². The van der Waals surface area contributed by atoms with Crippen molar-refractivity contribution in [2.45, 2.75) is 52.4 Å². The third kappa shape index (κ3) is 4.86. The van der Waals surface area contributed by atoms with Crippen LogP contribution in [-0.4, -0.2) is 27.5 Å². The van der Waals surface area contributed by atoms with Crippen LogP contribution in [0.5, 0.6) is 5.75 Å². The summed E-state index contributed by atoms with van der Waals surface area (Å²) in [4.78, 5) is 8.36. The summed E-state index contributed by atoms with van der Waals surface area (Å²) < 4.78 is 4.43. The molecule has 0 saturated carbocycles. The van der Waals surface area contributed by atoms with E-state index in [1.807, 2.05) is 12.1 Å². The zero-order valence-electron chi connectivity index (χ0n) is 16.3. The lowest BCUT2D eigenvalue weighted by Gasteiger charge is -2.27. The first kappa shape index (κ1) is 22.2. The molecule has 0 atom stereocenters. The highest BCUT2D eigenvalue weighted by Gasteiger charge is 2.27. The molecule has 1 heterocycles. The highest BCUT2D eigenvalue weighted by Crippen LogP contribution is 2.41. The Balaban J connectivity index is 0.00000338. The second-order valence-corrected chi connectivity index (χ2v) is 8.83. The number of rotatable bonds is 2. The molecule has 0 aliphatic rings. The lowest BCUT2D eigenvalue weighted by Crippen LogP contribution is -2.21. The minimum atomic E-state index is -0.198. The number of nitrogens with one attached hydrogen (secondary N) is 1. The van der Waals surface area contributed by atoms with E-state index < -0.39 is 0 Å². The molecule has 0 saturated heterocycles. The quantitative estimate of drug-likeness (QED) is 0.519. The first-order valence-electron chi connectivity index (χ1n) is 8.15. The number of phenolic OH excluding ortho intramolecular Hbond substituents is 1. The number of aliphatic imine (C=N–C) groups is 1. The number of hydrogen-bond donors (Lipinski definition) is 3. The van der Waals surface area contributed by atoms with Crippen LogP contribution in [0.1, 0.15) is 52.7 Å². The lowest BCUT2D eigenvalue weighted by atomic mass is 9.78. The number of aromatic hydroxyl groups is 1. The summed E-state index contributed by atoms with van der Waals surface area (Å²) >= 11 is 1.22. The second-order valence-electron chi connectivity index (χ2n) is 8.08. The van der Waals surface area contributed by atoms with Gasteiger partial charge in [0.25, 0.3) is 0 Å². The van der Waals surface area contributed by atoms with Crippen molar-refractivity contribution in [2.24, 2.45) is 10.7 Å². The van der Waals surface area contributed by atoms with Crippen molar-refractivity contribution in [1.29, 1.82) is 0 Å². The Morgan fingerprint density at radius 1 is 1.12 bits per heavy atom. The molecular weight excluding hydrogens is 370 g/mol. The van der Waals surface area contributed by atoms with Crippen LogP contribution in [0, 0.1) is 0 Å². The molecule has 26 heavy (non-hydrogen) atoms. The third-order valence-corrected chi connectivity index (χ3v) is 4.52. The van der Waals surface area contributed by atoms with Crippen LogP contribution in [0.2, 0.25) is 0 Å². The van der Waals surface area contributed by atoms with Gasteiger partial charge in [0.05, 0.1) is 0 Å². The molecule has 2 rings (SSSR count). The summed E-state index contributed by atoms with van der Waals surface area (Å²) in [7, 11) is 1.61. The molecule has 8 heteroatoms. The fourth-order valence-corrected chi connectivity index (χ4v) is 3.06. The van der Waals surface area contributed by atoms with Gasteiger partial charge < -0.3 is 16.2 Å². The zero-order chi connectivity index (χ0) is 19.0. The third-order valence-electron chi connectivity index (χ3n) is 3.89. The predicted molar refractivity (Wildman–Crippen MR) is 113 cm³/mol. The van der Waals surface area contributed by atoms with Crippen LogP contribution in [0.25, 0.3) is 11.4 Å². The molecule has 0 amide bonds. The summed E-state index contributed by atoms with van der Waals surface area (Å²) in [5.74, 6) is 1.24. The van der Waals surface area contributed by atoms with E-state index in [-0.39, 0.29) is 23.2 Å². The van der Waals surface area contributed by atoms with Gasteiger partial charge in [-0.25, -0.2) is 0 Å². The van der Waals surface area contributed by atoms with Crippen LogP contribution in [-0.2, 0) is 10.8 Å². The fraction of sp³-hybridized carbons (Fsp3) is 0.500.